The molecule has 3 saturated heterocycles. The number of nitrogens with zero attached hydrogens (tertiary/aromatic N) is 2. The number of nitrogens with two attached hydrogens (primary N) is 1. The van der Waals surface area contributed by atoms with Crippen LogP contribution in [-0.2, 0) is 38.1 Å². The first kappa shape index (κ1) is 45.1. The summed E-state index contributed by atoms with van der Waals surface area (Å²) in [6.07, 6.45) is 0.0104. The number of alkyl carbamates (subject to hydrolysis) is 1. The van der Waals surface area contributed by atoms with Gasteiger partial charge in [-0.2, -0.15) is 0 Å². The molecule has 0 radical (unpaired) electrons. The third-order valence-electron chi connectivity index (χ3n) is 12.2. The summed E-state index contributed by atoms with van der Waals surface area (Å²) in [5.41, 5.74) is 1.78. The minimum atomic E-state index is -3.20. The molecule has 3 aliphatic rings. The number of aliphatic hydroxyl groups is 1. The minimum Gasteiger partial charge on any atom is -0.455 e. The van der Waals surface area contributed by atoms with Crippen LogP contribution in [0.2, 0.25) is 0 Å². The van der Waals surface area contributed by atoms with Gasteiger partial charge in [0.1, 0.15) is 18.0 Å². The number of likely N-dealkylation sites (N-methyl/N-ethyl adjacent to an activating group) is 1. The molecule has 13 atom stereocenters. The second kappa shape index (κ2) is 17.7. The van der Waals surface area contributed by atoms with Gasteiger partial charge < -0.3 is 44.7 Å². The van der Waals surface area contributed by atoms with E-state index in [4.69, 9.17) is 29.4 Å². The van der Waals surface area contributed by atoms with E-state index in [0.29, 0.717) is 18.5 Å². The third-order valence-corrected chi connectivity index (χ3v) is 12.2. The molecule has 0 bridgehead atoms. The number of carbonyl (C=O) groups excluding carboxylic acids is 4. The van der Waals surface area contributed by atoms with Crippen LogP contribution in [0.1, 0.15) is 86.6 Å². The smallest absolute Gasteiger partial charge is 0.408 e. The number of halogens is 1. The normalized spacial score (nSPS) is 38.0. The molecule has 2 aromatic rings. The molecule has 0 saturated carbocycles. The number of nitrogen functional groups attached to an aromatic ring is 1. The van der Waals surface area contributed by atoms with Gasteiger partial charge >= 0.3 is 12.1 Å². The number of ketones is 2. The molecule has 3 aliphatic heterocycles. The Morgan fingerprint density at radius 1 is 1.09 bits per heavy atom. The summed E-state index contributed by atoms with van der Waals surface area (Å²) < 4.78 is 47.9. The number of Topliss-reactive ketones (excluding diaryl/α,β-unsaturated/α-hetero) is 2. The highest BCUT2D eigenvalue weighted by molar-refractivity contribution is 6.08. The number of benzene rings is 1. The number of aliphatic hydroxyl groups excluding tert-OH is 1. The monoisotopic (exact) mass is 812 g/mol. The van der Waals surface area contributed by atoms with Crippen molar-refractivity contribution in [3.8, 4) is 0 Å². The molecule has 1 aromatic carbocycles. The van der Waals surface area contributed by atoms with Gasteiger partial charge in [-0.1, -0.05) is 46.3 Å². The average molecular weight is 813 g/mol. The zero-order valence-electron chi connectivity index (χ0n) is 35.3. The number of ether oxygens (including phenoxy) is 5. The Bertz CT molecular complexity index is 1880. The van der Waals surface area contributed by atoms with Crippen LogP contribution in [-0.4, -0.2) is 119 Å². The average Bonchev–Trinajstić information content (AvgIpc) is 3.48. The van der Waals surface area contributed by atoms with E-state index in [1.807, 2.05) is 51.0 Å². The van der Waals surface area contributed by atoms with Crippen molar-refractivity contribution in [3.05, 3.63) is 42.1 Å². The highest BCUT2D eigenvalue weighted by atomic mass is 19.1. The Morgan fingerprint density at radius 3 is 2.47 bits per heavy atom. The molecule has 0 unspecified atom stereocenters. The predicted octanol–water partition coefficient (Wildman–Crippen LogP) is 5.17. The summed E-state index contributed by atoms with van der Waals surface area (Å²) in [7, 11) is 3.64. The van der Waals surface area contributed by atoms with Gasteiger partial charge in [-0.15, -0.1) is 0 Å². The van der Waals surface area contributed by atoms with Crippen LogP contribution in [0.15, 0.2) is 36.5 Å². The number of esters is 1. The van der Waals surface area contributed by atoms with Gasteiger partial charge in [-0.3, -0.25) is 14.6 Å². The fourth-order valence-electron chi connectivity index (χ4n) is 8.93. The number of carbonyl (C=O) groups is 4. The van der Waals surface area contributed by atoms with Gasteiger partial charge in [-0.25, -0.2) is 14.0 Å². The summed E-state index contributed by atoms with van der Waals surface area (Å²) in [6, 6.07) is 5.98. The Morgan fingerprint density at radius 2 is 1.79 bits per heavy atom. The van der Waals surface area contributed by atoms with Crippen molar-refractivity contribution in [2.75, 3.05) is 26.4 Å². The molecule has 58 heavy (non-hydrogen) atoms. The third kappa shape index (κ3) is 9.23. The molecule has 5 rings (SSSR count). The first-order valence-corrected chi connectivity index (χ1v) is 20.2. The lowest BCUT2D eigenvalue weighted by molar-refractivity contribution is -0.297. The maximum Gasteiger partial charge on any atom is 0.408 e. The van der Waals surface area contributed by atoms with E-state index >= 15 is 4.39 Å². The van der Waals surface area contributed by atoms with Crippen molar-refractivity contribution >= 4 is 46.3 Å². The van der Waals surface area contributed by atoms with Crippen molar-refractivity contribution in [2.45, 2.75) is 141 Å². The zero-order valence-corrected chi connectivity index (χ0v) is 35.3. The number of rotatable bonds is 9. The molecular formula is C43H61FN4O10. The van der Waals surface area contributed by atoms with E-state index in [0.717, 1.165) is 23.4 Å². The van der Waals surface area contributed by atoms with E-state index in [2.05, 4.69) is 10.3 Å². The summed E-state index contributed by atoms with van der Waals surface area (Å²) in [5.74, 6) is -5.98. The second-order valence-electron chi connectivity index (χ2n) is 17.2. The fraction of sp³-hybridized carbons (Fsp3) is 0.651. The van der Waals surface area contributed by atoms with E-state index in [9.17, 15) is 24.3 Å². The molecule has 0 aliphatic carbocycles. The van der Waals surface area contributed by atoms with Crippen molar-refractivity contribution < 1.29 is 52.4 Å². The van der Waals surface area contributed by atoms with Crippen LogP contribution in [0, 0.1) is 17.8 Å². The van der Waals surface area contributed by atoms with Crippen LogP contribution in [0.25, 0.3) is 17.0 Å². The maximum absolute atomic E-state index is 17.0. The van der Waals surface area contributed by atoms with Crippen LogP contribution >= 0.6 is 0 Å². The largest absolute Gasteiger partial charge is 0.455 e. The Kier molecular flexibility index (Phi) is 13.7. The first-order valence-electron chi connectivity index (χ1n) is 20.2. The number of pyridine rings is 1. The quantitative estimate of drug-likeness (QED) is 0.171. The van der Waals surface area contributed by atoms with Gasteiger partial charge in [0.2, 0.25) is 0 Å². The summed E-state index contributed by atoms with van der Waals surface area (Å²) in [6.45, 7) is 12.4. The number of fused-ring (bicyclic) bond motifs is 2. The summed E-state index contributed by atoms with van der Waals surface area (Å²) in [5, 5.41) is 15.2. The van der Waals surface area contributed by atoms with Gasteiger partial charge in [0.05, 0.1) is 36.0 Å². The van der Waals surface area contributed by atoms with Gasteiger partial charge in [0, 0.05) is 41.1 Å². The highest BCUT2D eigenvalue weighted by Crippen LogP contribution is 2.41. The second-order valence-corrected chi connectivity index (χ2v) is 17.2. The molecule has 3 fully saturated rings. The number of amides is 1. The SMILES string of the molecule is CCC[C@H]1OC(=O)[C@@](C)(F)C(=O)[C@H](C)[C@@H](O[C@@H]2O[C@H](C)C[C@H](N(C)C)[C@H]2O)[C@](C)(OC/C=C/c2cnc3ccc(N)cc3c2)C[C@@H](C)C(=O)[C@H](C)[C@@H]2NC(=O)O[C@]12C. The van der Waals surface area contributed by atoms with Crippen molar-refractivity contribution in [1.82, 2.24) is 15.2 Å². The zero-order chi connectivity index (χ0) is 42.9. The van der Waals surface area contributed by atoms with E-state index < -0.39 is 89.2 Å². The highest BCUT2D eigenvalue weighted by Gasteiger charge is 2.59. The number of anilines is 1. The Balaban J connectivity index is 1.59. The van der Waals surface area contributed by atoms with Crippen LogP contribution in [0.4, 0.5) is 14.9 Å². The van der Waals surface area contributed by atoms with Crippen molar-refractivity contribution in [1.29, 1.82) is 0 Å². The number of cyclic esters (lactones) is 1. The number of hydrogen-bond donors (Lipinski definition) is 3. The molecular weight excluding hydrogens is 751 g/mol. The van der Waals surface area contributed by atoms with E-state index in [-0.39, 0.29) is 31.3 Å². The Hall–Kier alpha value is -4.02. The van der Waals surface area contributed by atoms with E-state index in [1.165, 1.54) is 6.92 Å². The van der Waals surface area contributed by atoms with Crippen LogP contribution in [0.3, 0.4) is 0 Å². The predicted molar refractivity (Wildman–Crippen MR) is 215 cm³/mol. The van der Waals surface area contributed by atoms with Gasteiger partial charge in [0.15, 0.2) is 17.7 Å². The molecule has 1 aromatic heterocycles. The summed E-state index contributed by atoms with van der Waals surface area (Å²) in [4.78, 5) is 62.0. The van der Waals surface area contributed by atoms with Crippen molar-refractivity contribution in [3.63, 3.8) is 0 Å². The molecule has 0 spiro atoms. The lowest BCUT2D eigenvalue weighted by Gasteiger charge is -2.47. The van der Waals surface area contributed by atoms with Crippen molar-refractivity contribution in [2.24, 2.45) is 17.8 Å². The molecule has 320 valence electrons. The van der Waals surface area contributed by atoms with E-state index in [1.54, 1.807) is 52.1 Å². The Labute approximate surface area is 340 Å². The fourth-order valence-corrected chi connectivity index (χ4v) is 8.93. The molecule has 4 heterocycles. The molecule has 1 amide bonds. The lowest BCUT2D eigenvalue weighted by Crippen LogP contribution is -2.61. The molecule has 4 N–H and O–H groups in total. The number of nitrogens with one attached hydrogen (secondary N) is 1. The lowest BCUT2D eigenvalue weighted by atomic mass is 9.73. The number of aromatic nitrogens is 1. The minimum absolute atomic E-state index is 0.0529. The molecule has 15 heteroatoms. The first-order chi connectivity index (χ1) is 27.1. The summed E-state index contributed by atoms with van der Waals surface area (Å²) >= 11 is 0. The molecule has 14 nitrogen and oxygen atoms in total. The van der Waals surface area contributed by atoms with Crippen LogP contribution in [0.5, 0.6) is 0 Å². The topological polar surface area (TPSA) is 189 Å². The maximum atomic E-state index is 17.0. The number of hydrogen-bond acceptors (Lipinski definition) is 13. The standard InChI is InChI=1S/C43H61FN4O10/c1-11-13-32-43(8)35(47-40(53)58-43)25(4)33(49)23(2)21-41(6,54-17-12-14-27-19-28-20-29(45)15-16-30(28)46-22-27)37(26(5)36(51)42(7,44)39(52)56-32)57-38-34(50)31(48(9)10)18-24(3)55-38/h12,14-16,19-20,22-26,31-32,34-35,37-38,50H,11,13,17-18,21,45H2,1-10H3,(H,47,53)/b14-12+/t23-,24-,25+,26+,31+,32-,34-,35+,37-,38+,41-,42+,43-/m1/s1. The number of alkyl halides is 1. The van der Waals surface area contributed by atoms with Crippen LogP contribution < -0.4 is 11.1 Å². The van der Waals surface area contributed by atoms with Gasteiger partial charge in [-0.05, 0) is 90.9 Å². The van der Waals surface area contributed by atoms with Gasteiger partial charge in [0.25, 0.3) is 5.67 Å².